The second kappa shape index (κ2) is 11.3. The zero-order chi connectivity index (χ0) is 27.6. The quantitative estimate of drug-likeness (QED) is 0.210. The van der Waals surface area contributed by atoms with Crippen molar-refractivity contribution >= 4 is 28.7 Å². The van der Waals surface area contributed by atoms with Gasteiger partial charge in [0.2, 0.25) is 0 Å². The van der Waals surface area contributed by atoms with E-state index in [1.165, 1.54) is 12.1 Å². The van der Waals surface area contributed by atoms with Crippen LogP contribution in [-0.4, -0.2) is 34.6 Å². The molecule has 0 amide bonds. The maximum atomic E-state index is 13.2. The minimum absolute atomic E-state index is 0.0470. The first-order chi connectivity index (χ1) is 18.7. The number of aromatic nitrogens is 2. The number of benzene rings is 2. The van der Waals surface area contributed by atoms with E-state index in [9.17, 15) is 18.0 Å². The zero-order valence-corrected chi connectivity index (χ0v) is 22.3. The Morgan fingerprint density at radius 2 is 1.72 bits per heavy atom. The van der Waals surface area contributed by atoms with Crippen LogP contribution in [0.3, 0.4) is 0 Å². The number of carbonyl (C=O) groups excluding carboxylic acids is 1. The molecular weight excluding hydrogens is 527 g/mol. The molecule has 5 nitrogen and oxygen atoms in total. The van der Waals surface area contributed by atoms with Crippen LogP contribution in [0.25, 0.3) is 5.65 Å². The molecule has 2 aromatic carbocycles. The molecule has 204 valence electrons. The van der Waals surface area contributed by atoms with Gasteiger partial charge in [-0.05, 0) is 79.1 Å². The van der Waals surface area contributed by atoms with Crippen molar-refractivity contribution in [3.63, 3.8) is 0 Å². The molecule has 2 aromatic heterocycles. The lowest BCUT2D eigenvalue weighted by Crippen LogP contribution is -2.32. The molecule has 1 aliphatic heterocycles. The molecule has 39 heavy (non-hydrogen) atoms. The van der Waals surface area contributed by atoms with Gasteiger partial charge in [0.25, 0.3) is 0 Å². The summed E-state index contributed by atoms with van der Waals surface area (Å²) >= 11 is 6.16. The summed E-state index contributed by atoms with van der Waals surface area (Å²) in [5.74, 6) is 0.152. The molecule has 0 atom stereocenters. The molecule has 0 aliphatic carbocycles. The van der Waals surface area contributed by atoms with E-state index in [-0.39, 0.29) is 11.5 Å². The maximum absolute atomic E-state index is 13.2. The second-order valence-electron chi connectivity index (χ2n) is 9.80. The lowest BCUT2D eigenvalue weighted by molar-refractivity contribution is -0.274. The highest BCUT2D eigenvalue weighted by molar-refractivity contribution is 6.30. The number of ether oxygens (including phenoxy) is 1. The fraction of sp³-hybridized carbons (Fsp3) is 0.333. The predicted molar refractivity (Wildman–Crippen MR) is 146 cm³/mol. The summed E-state index contributed by atoms with van der Waals surface area (Å²) in [6.07, 6.45) is 0.574. The van der Waals surface area contributed by atoms with Crippen molar-refractivity contribution in [3.05, 3.63) is 94.4 Å². The van der Waals surface area contributed by atoms with Crippen LogP contribution < -0.4 is 9.64 Å². The van der Waals surface area contributed by atoms with Gasteiger partial charge in [0.15, 0.2) is 5.78 Å². The highest BCUT2D eigenvalue weighted by Gasteiger charge is 2.31. The number of fused-ring (bicyclic) bond motifs is 1. The number of pyridine rings is 1. The van der Waals surface area contributed by atoms with Crippen molar-refractivity contribution in [1.82, 2.24) is 9.38 Å². The van der Waals surface area contributed by atoms with E-state index in [0.717, 1.165) is 54.1 Å². The van der Waals surface area contributed by atoms with Crippen molar-refractivity contribution in [2.24, 2.45) is 0 Å². The molecule has 3 heterocycles. The first-order valence-electron chi connectivity index (χ1n) is 13.1. The van der Waals surface area contributed by atoms with E-state index < -0.39 is 6.36 Å². The van der Waals surface area contributed by atoms with Gasteiger partial charge in [-0.2, -0.15) is 0 Å². The largest absolute Gasteiger partial charge is 0.573 e. The van der Waals surface area contributed by atoms with E-state index in [2.05, 4.69) is 38.9 Å². The Hall–Kier alpha value is -3.52. The Balaban J connectivity index is 1.16. The second-order valence-corrected chi connectivity index (χ2v) is 10.2. The number of aryl methyl sites for hydroxylation is 2. The number of alkyl halides is 3. The third-order valence-corrected chi connectivity index (χ3v) is 7.50. The zero-order valence-electron chi connectivity index (χ0n) is 21.5. The van der Waals surface area contributed by atoms with Crippen molar-refractivity contribution < 1.29 is 22.7 Å². The van der Waals surface area contributed by atoms with Gasteiger partial charge < -0.3 is 9.64 Å². The summed E-state index contributed by atoms with van der Waals surface area (Å²) in [7, 11) is 0. The molecule has 0 bridgehead atoms. The normalized spacial score (nSPS) is 14.6. The minimum Gasteiger partial charge on any atom is -0.406 e. The molecule has 9 heteroatoms. The number of hydrogen-bond donors (Lipinski definition) is 0. The molecule has 0 saturated carbocycles. The molecule has 0 radical (unpaired) electrons. The van der Waals surface area contributed by atoms with Gasteiger partial charge >= 0.3 is 6.36 Å². The van der Waals surface area contributed by atoms with Crippen LogP contribution in [0.1, 0.15) is 59.4 Å². The van der Waals surface area contributed by atoms with Crippen LogP contribution in [0.2, 0.25) is 5.02 Å². The Morgan fingerprint density at radius 3 is 2.36 bits per heavy atom. The summed E-state index contributed by atoms with van der Waals surface area (Å²) in [5, 5.41) is 0.560. The smallest absolute Gasteiger partial charge is 0.406 e. The van der Waals surface area contributed by atoms with E-state index in [4.69, 9.17) is 11.6 Å². The lowest BCUT2D eigenvalue weighted by atomic mass is 9.89. The molecule has 1 saturated heterocycles. The van der Waals surface area contributed by atoms with Gasteiger partial charge in [-0.15, -0.1) is 13.2 Å². The first kappa shape index (κ1) is 27.1. The van der Waals surface area contributed by atoms with Crippen molar-refractivity contribution in [2.45, 2.75) is 51.3 Å². The SMILES string of the molecule is CCc1nc2ccc(Cl)cn2c1C(=O)CCc1ccc(N2CCC(c3ccc(OC(F)(F)F)cc3)CC2)cc1. The number of anilines is 1. The summed E-state index contributed by atoms with van der Waals surface area (Å²) < 4.78 is 43.0. The number of halogens is 4. The number of rotatable bonds is 8. The summed E-state index contributed by atoms with van der Waals surface area (Å²) in [6, 6.07) is 18.1. The van der Waals surface area contributed by atoms with Gasteiger partial charge in [-0.25, -0.2) is 4.98 Å². The number of Topliss-reactive ketones (excluding diaryl/α,β-unsaturated/α-hetero) is 1. The monoisotopic (exact) mass is 555 g/mol. The van der Waals surface area contributed by atoms with E-state index in [1.807, 2.05) is 13.0 Å². The van der Waals surface area contributed by atoms with Crippen molar-refractivity contribution in [1.29, 1.82) is 0 Å². The highest BCUT2D eigenvalue weighted by Crippen LogP contribution is 2.32. The number of nitrogens with zero attached hydrogens (tertiary/aromatic N) is 3. The Bertz CT molecular complexity index is 1440. The summed E-state index contributed by atoms with van der Waals surface area (Å²) in [4.78, 5) is 20.1. The molecule has 1 fully saturated rings. The van der Waals surface area contributed by atoms with Gasteiger partial charge in [0, 0.05) is 31.4 Å². The summed E-state index contributed by atoms with van der Waals surface area (Å²) in [6.45, 7) is 3.71. The topological polar surface area (TPSA) is 46.8 Å². The van der Waals surface area contributed by atoms with Crippen molar-refractivity contribution in [3.8, 4) is 5.75 Å². The lowest BCUT2D eigenvalue weighted by Gasteiger charge is -2.34. The van der Waals surface area contributed by atoms with E-state index in [0.29, 0.717) is 35.9 Å². The average Bonchev–Trinajstić information content (AvgIpc) is 3.29. The van der Waals surface area contributed by atoms with Crippen LogP contribution in [0.15, 0.2) is 66.9 Å². The Labute approximate surface area is 230 Å². The fourth-order valence-corrected chi connectivity index (χ4v) is 5.43. The van der Waals surface area contributed by atoms with Gasteiger partial charge in [0.05, 0.1) is 10.7 Å². The summed E-state index contributed by atoms with van der Waals surface area (Å²) in [5.41, 5.74) is 5.36. The van der Waals surface area contributed by atoms with E-state index in [1.54, 1.807) is 28.8 Å². The predicted octanol–water partition coefficient (Wildman–Crippen LogP) is 7.65. The molecule has 5 rings (SSSR count). The third kappa shape index (κ3) is 6.38. The fourth-order valence-electron chi connectivity index (χ4n) is 5.27. The molecule has 0 spiro atoms. The standard InChI is InChI=1S/C30H29ClF3N3O2/c1-2-26-29(37-19-23(31)8-14-28(37)35-26)27(38)13-5-20-3-9-24(10-4-20)36-17-15-22(16-18-36)21-6-11-25(12-7-21)39-30(32,33)34/h3-4,6-12,14,19,22H,2,5,13,15-18H2,1H3. The first-order valence-corrected chi connectivity index (χ1v) is 13.5. The van der Waals surface area contributed by atoms with Crippen LogP contribution in [0, 0.1) is 0 Å². The number of carbonyl (C=O) groups is 1. The van der Waals surface area contributed by atoms with Crippen LogP contribution in [-0.2, 0) is 12.8 Å². The average molecular weight is 556 g/mol. The van der Waals surface area contributed by atoms with Gasteiger partial charge in [0.1, 0.15) is 17.1 Å². The molecule has 4 aromatic rings. The van der Waals surface area contributed by atoms with Gasteiger partial charge in [-0.1, -0.05) is 42.8 Å². The Morgan fingerprint density at radius 1 is 1.03 bits per heavy atom. The number of imidazole rings is 1. The van der Waals surface area contributed by atoms with Crippen molar-refractivity contribution in [2.75, 3.05) is 18.0 Å². The maximum Gasteiger partial charge on any atom is 0.573 e. The molecule has 0 N–H and O–H groups in total. The third-order valence-electron chi connectivity index (χ3n) is 7.28. The molecule has 0 unspecified atom stereocenters. The minimum atomic E-state index is -4.68. The molecular formula is C30H29ClF3N3O2. The van der Waals surface area contributed by atoms with E-state index >= 15 is 0 Å². The number of hydrogen-bond acceptors (Lipinski definition) is 4. The number of piperidine rings is 1. The highest BCUT2D eigenvalue weighted by atomic mass is 35.5. The Kier molecular flexibility index (Phi) is 7.84. The van der Waals surface area contributed by atoms with Crippen LogP contribution in [0.4, 0.5) is 18.9 Å². The van der Waals surface area contributed by atoms with Crippen LogP contribution >= 0.6 is 11.6 Å². The van der Waals surface area contributed by atoms with Crippen LogP contribution in [0.5, 0.6) is 5.75 Å². The molecule has 1 aliphatic rings. The number of ketones is 1. The van der Waals surface area contributed by atoms with Gasteiger partial charge in [-0.3, -0.25) is 9.20 Å².